The summed E-state index contributed by atoms with van der Waals surface area (Å²) in [6, 6.07) is 13.5. The van der Waals surface area contributed by atoms with Crippen molar-refractivity contribution >= 4 is 17.3 Å². The summed E-state index contributed by atoms with van der Waals surface area (Å²) < 4.78 is 0. The summed E-state index contributed by atoms with van der Waals surface area (Å²) in [4.78, 5) is 10.4. The van der Waals surface area contributed by atoms with Crippen molar-refractivity contribution in [1.82, 2.24) is 15.1 Å². The number of guanidine groups is 1. The summed E-state index contributed by atoms with van der Waals surface area (Å²) in [5.41, 5.74) is 2.70. The van der Waals surface area contributed by atoms with Crippen LogP contribution in [0.2, 0.25) is 0 Å². The SMILES string of the molecule is CN=C(NCc1ccccc1CN(C)C(C)C)N(C)CCc1cccs1. The molecule has 0 radical (unpaired) electrons. The van der Waals surface area contributed by atoms with Gasteiger partial charge in [0.25, 0.3) is 0 Å². The van der Waals surface area contributed by atoms with Crippen LogP contribution in [-0.2, 0) is 19.5 Å². The van der Waals surface area contributed by atoms with Crippen molar-refractivity contribution in [2.45, 2.75) is 39.4 Å². The van der Waals surface area contributed by atoms with Gasteiger partial charge in [0.05, 0.1) is 0 Å². The molecule has 0 aliphatic heterocycles. The van der Waals surface area contributed by atoms with Gasteiger partial charge in [0.1, 0.15) is 0 Å². The molecule has 0 saturated heterocycles. The number of hydrogen-bond donors (Lipinski definition) is 1. The number of likely N-dealkylation sites (N-methyl/N-ethyl adjacent to an activating group) is 1. The van der Waals surface area contributed by atoms with Gasteiger partial charge in [-0.25, -0.2) is 0 Å². The number of nitrogens with one attached hydrogen (secondary N) is 1. The Bertz CT molecular complexity index is 679. The van der Waals surface area contributed by atoms with Gasteiger partial charge in [-0.05, 0) is 49.9 Å². The molecule has 142 valence electrons. The van der Waals surface area contributed by atoms with Crippen molar-refractivity contribution in [3.05, 3.63) is 57.8 Å². The van der Waals surface area contributed by atoms with Gasteiger partial charge in [-0.2, -0.15) is 0 Å². The minimum atomic E-state index is 0.534. The number of nitrogens with zero attached hydrogens (tertiary/aromatic N) is 3. The van der Waals surface area contributed by atoms with Gasteiger partial charge >= 0.3 is 0 Å². The van der Waals surface area contributed by atoms with Crippen LogP contribution in [0.1, 0.15) is 29.9 Å². The van der Waals surface area contributed by atoms with Gasteiger partial charge in [-0.3, -0.25) is 9.89 Å². The van der Waals surface area contributed by atoms with Crippen molar-refractivity contribution in [3.8, 4) is 0 Å². The molecule has 0 amide bonds. The van der Waals surface area contributed by atoms with E-state index in [4.69, 9.17) is 0 Å². The van der Waals surface area contributed by atoms with Crippen molar-refractivity contribution in [1.29, 1.82) is 0 Å². The Morgan fingerprint density at radius 1 is 1.12 bits per heavy atom. The molecule has 0 atom stereocenters. The number of benzene rings is 1. The van der Waals surface area contributed by atoms with E-state index in [1.807, 2.05) is 18.4 Å². The maximum absolute atomic E-state index is 4.45. The van der Waals surface area contributed by atoms with Crippen LogP contribution in [0, 0.1) is 0 Å². The van der Waals surface area contributed by atoms with Crippen molar-refractivity contribution in [3.63, 3.8) is 0 Å². The van der Waals surface area contributed by atoms with E-state index < -0.39 is 0 Å². The minimum Gasteiger partial charge on any atom is -0.352 e. The Morgan fingerprint density at radius 2 is 1.85 bits per heavy atom. The fourth-order valence-electron chi connectivity index (χ4n) is 2.73. The van der Waals surface area contributed by atoms with Crippen LogP contribution in [0.3, 0.4) is 0 Å². The normalized spacial score (nSPS) is 12.0. The average molecular weight is 373 g/mol. The largest absolute Gasteiger partial charge is 0.352 e. The highest BCUT2D eigenvalue weighted by Crippen LogP contribution is 2.13. The molecule has 1 N–H and O–H groups in total. The maximum atomic E-state index is 4.45. The Hall–Kier alpha value is -1.85. The van der Waals surface area contributed by atoms with Gasteiger partial charge in [-0.15, -0.1) is 11.3 Å². The van der Waals surface area contributed by atoms with Gasteiger partial charge in [-0.1, -0.05) is 30.3 Å². The molecule has 2 aromatic rings. The molecule has 1 aromatic heterocycles. The lowest BCUT2D eigenvalue weighted by Gasteiger charge is -2.24. The van der Waals surface area contributed by atoms with E-state index >= 15 is 0 Å². The zero-order chi connectivity index (χ0) is 18.9. The van der Waals surface area contributed by atoms with E-state index in [-0.39, 0.29) is 0 Å². The molecule has 0 aliphatic rings. The molecule has 1 heterocycles. The molecule has 2 rings (SSSR count). The molecule has 0 fully saturated rings. The van der Waals surface area contributed by atoms with Crippen molar-refractivity contribution in [2.24, 2.45) is 4.99 Å². The summed E-state index contributed by atoms with van der Waals surface area (Å²) in [5.74, 6) is 0.938. The number of hydrogen-bond acceptors (Lipinski definition) is 3. The standard InChI is InChI=1S/C21H32N4S/c1-17(2)25(5)16-19-10-7-6-9-18(19)15-23-21(22-3)24(4)13-12-20-11-8-14-26-20/h6-11,14,17H,12-13,15-16H2,1-5H3,(H,22,23). The van der Waals surface area contributed by atoms with Gasteiger partial charge < -0.3 is 10.2 Å². The molecule has 0 unspecified atom stereocenters. The fraction of sp³-hybridized carbons (Fsp3) is 0.476. The molecule has 1 aromatic carbocycles. The summed E-state index contributed by atoms with van der Waals surface area (Å²) in [6.45, 7) is 7.16. The molecule has 4 nitrogen and oxygen atoms in total. The smallest absolute Gasteiger partial charge is 0.193 e. The predicted octanol–water partition coefficient (Wildman–Crippen LogP) is 3.84. The molecule has 26 heavy (non-hydrogen) atoms. The third-order valence-electron chi connectivity index (χ3n) is 4.70. The van der Waals surface area contributed by atoms with E-state index in [9.17, 15) is 0 Å². The number of aliphatic imine (C=N–C) groups is 1. The van der Waals surface area contributed by atoms with Crippen LogP contribution in [0.15, 0.2) is 46.8 Å². The molecular formula is C21H32N4S. The summed E-state index contributed by atoms with van der Waals surface area (Å²) in [7, 11) is 6.12. The van der Waals surface area contributed by atoms with Crippen LogP contribution < -0.4 is 5.32 Å². The van der Waals surface area contributed by atoms with E-state index in [0.29, 0.717) is 6.04 Å². The van der Waals surface area contributed by atoms with Crippen LogP contribution in [0.5, 0.6) is 0 Å². The summed E-state index contributed by atoms with van der Waals surface area (Å²) in [6.07, 6.45) is 1.05. The number of rotatable bonds is 8. The van der Waals surface area contributed by atoms with Gasteiger partial charge in [0.2, 0.25) is 0 Å². The first-order valence-corrected chi connectivity index (χ1v) is 10.1. The first-order chi connectivity index (χ1) is 12.5. The van der Waals surface area contributed by atoms with E-state index in [0.717, 1.165) is 32.0 Å². The predicted molar refractivity (Wildman–Crippen MR) is 114 cm³/mol. The zero-order valence-corrected chi connectivity index (χ0v) is 17.5. The monoisotopic (exact) mass is 372 g/mol. The Labute approximate surface area is 162 Å². The Kier molecular flexibility index (Phi) is 8.13. The molecule has 0 aliphatic carbocycles. The Balaban J connectivity index is 1.93. The highest BCUT2D eigenvalue weighted by molar-refractivity contribution is 7.09. The van der Waals surface area contributed by atoms with E-state index in [2.05, 4.69) is 89.8 Å². The minimum absolute atomic E-state index is 0.534. The maximum Gasteiger partial charge on any atom is 0.193 e. The van der Waals surface area contributed by atoms with Crippen LogP contribution in [-0.4, -0.2) is 49.5 Å². The summed E-state index contributed by atoms with van der Waals surface area (Å²) in [5, 5.41) is 5.65. The summed E-state index contributed by atoms with van der Waals surface area (Å²) >= 11 is 1.81. The van der Waals surface area contributed by atoms with Crippen molar-refractivity contribution < 1.29 is 0 Å². The molecule has 5 heteroatoms. The van der Waals surface area contributed by atoms with Gasteiger partial charge in [0.15, 0.2) is 5.96 Å². The second-order valence-corrected chi connectivity index (χ2v) is 7.96. The van der Waals surface area contributed by atoms with E-state index in [1.54, 1.807) is 0 Å². The van der Waals surface area contributed by atoms with Crippen LogP contribution in [0.25, 0.3) is 0 Å². The third-order valence-corrected chi connectivity index (χ3v) is 5.64. The van der Waals surface area contributed by atoms with E-state index in [1.165, 1.54) is 16.0 Å². The molecule has 0 saturated carbocycles. The first kappa shape index (κ1) is 20.5. The lowest BCUT2D eigenvalue weighted by atomic mass is 10.1. The van der Waals surface area contributed by atoms with Crippen LogP contribution >= 0.6 is 11.3 Å². The second-order valence-electron chi connectivity index (χ2n) is 6.93. The quantitative estimate of drug-likeness (QED) is 0.564. The third kappa shape index (κ3) is 6.15. The van der Waals surface area contributed by atoms with Crippen LogP contribution in [0.4, 0.5) is 0 Å². The molecular weight excluding hydrogens is 340 g/mol. The Morgan fingerprint density at radius 3 is 2.46 bits per heavy atom. The highest BCUT2D eigenvalue weighted by atomic mass is 32.1. The van der Waals surface area contributed by atoms with Gasteiger partial charge in [0, 0.05) is 44.6 Å². The average Bonchev–Trinajstić information content (AvgIpc) is 3.15. The topological polar surface area (TPSA) is 30.9 Å². The lowest BCUT2D eigenvalue weighted by molar-refractivity contribution is 0.265. The zero-order valence-electron chi connectivity index (χ0n) is 16.7. The van der Waals surface area contributed by atoms with Crippen molar-refractivity contribution in [2.75, 3.05) is 27.7 Å². The number of thiophene rings is 1. The fourth-order valence-corrected chi connectivity index (χ4v) is 3.43. The first-order valence-electron chi connectivity index (χ1n) is 9.22. The second kappa shape index (κ2) is 10.3. The molecule has 0 bridgehead atoms. The highest BCUT2D eigenvalue weighted by Gasteiger charge is 2.10. The molecule has 0 spiro atoms. The lowest BCUT2D eigenvalue weighted by Crippen LogP contribution is -2.39.